The second-order valence-electron chi connectivity index (χ2n) is 6.83. The molecule has 4 heteroatoms. The molecule has 1 fully saturated rings. The van der Waals surface area contributed by atoms with Crippen LogP contribution >= 0.6 is 0 Å². The first-order chi connectivity index (χ1) is 12.2. The van der Waals surface area contributed by atoms with E-state index in [1.807, 2.05) is 24.5 Å². The van der Waals surface area contributed by atoms with Crippen molar-refractivity contribution in [3.05, 3.63) is 66.0 Å². The van der Waals surface area contributed by atoms with E-state index in [9.17, 15) is 4.79 Å². The molecule has 1 aliphatic rings. The maximum atomic E-state index is 12.8. The molecule has 25 heavy (non-hydrogen) atoms. The van der Waals surface area contributed by atoms with Crippen LogP contribution < -0.4 is 0 Å². The van der Waals surface area contributed by atoms with E-state index in [2.05, 4.69) is 51.7 Å². The molecule has 2 aromatic carbocycles. The molecule has 1 atom stereocenters. The number of aromatic nitrogens is 2. The van der Waals surface area contributed by atoms with Crippen molar-refractivity contribution >= 4 is 16.9 Å². The quantitative estimate of drug-likeness (QED) is 0.721. The van der Waals surface area contributed by atoms with E-state index in [0.717, 1.165) is 30.4 Å². The van der Waals surface area contributed by atoms with E-state index in [1.165, 1.54) is 11.1 Å². The summed E-state index contributed by atoms with van der Waals surface area (Å²) in [6.07, 6.45) is 4.49. The van der Waals surface area contributed by atoms with Gasteiger partial charge in [0.15, 0.2) is 0 Å². The predicted molar refractivity (Wildman–Crippen MR) is 99.2 cm³/mol. The van der Waals surface area contributed by atoms with Crippen molar-refractivity contribution < 1.29 is 4.79 Å². The monoisotopic (exact) mass is 333 g/mol. The van der Waals surface area contributed by atoms with Gasteiger partial charge in [0.2, 0.25) is 5.91 Å². The highest BCUT2D eigenvalue weighted by molar-refractivity contribution is 5.78. The van der Waals surface area contributed by atoms with Gasteiger partial charge in [-0.25, -0.2) is 4.98 Å². The van der Waals surface area contributed by atoms with Gasteiger partial charge in [0.1, 0.15) is 0 Å². The minimum absolute atomic E-state index is 0.229. The van der Waals surface area contributed by atoms with Crippen molar-refractivity contribution in [3.8, 4) is 0 Å². The first-order valence-corrected chi connectivity index (χ1v) is 8.98. The van der Waals surface area contributed by atoms with E-state index >= 15 is 0 Å². The van der Waals surface area contributed by atoms with Crippen LogP contribution in [0.25, 0.3) is 11.0 Å². The van der Waals surface area contributed by atoms with Gasteiger partial charge in [-0.15, -0.1) is 0 Å². The summed E-state index contributed by atoms with van der Waals surface area (Å²) in [6, 6.07) is 16.9. The third kappa shape index (κ3) is 3.16. The number of carbonyl (C=O) groups is 1. The summed E-state index contributed by atoms with van der Waals surface area (Å²) < 4.78 is 2.07. The lowest BCUT2D eigenvalue weighted by Crippen LogP contribution is -2.31. The lowest BCUT2D eigenvalue weighted by molar-refractivity contribution is -0.132. The predicted octanol–water partition coefficient (Wildman–Crippen LogP) is 4.10. The van der Waals surface area contributed by atoms with Gasteiger partial charge in [-0.05, 0) is 37.5 Å². The maximum absolute atomic E-state index is 12.8. The van der Waals surface area contributed by atoms with Crippen LogP contribution in [0.1, 0.15) is 36.4 Å². The molecule has 0 N–H and O–H groups in total. The Bertz CT molecular complexity index is 882. The Labute approximate surface area is 148 Å². The number of imidazole rings is 1. The molecule has 0 saturated carbocycles. The smallest absolute Gasteiger partial charge is 0.224 e. The molecule has 128 valence electrons. The molecular formula is C21H23N3O. The van der Waals surface area contributed by atoms with Crippen molar-refractivity contribution in [2.24, 2.45) is 0 Å². The lowest BCUT2D eigenvalue weighted by atomic mass is 10.0. The molecule has 0 radical (unpaired) electrons. The Hall–Kier alpha value is -2.62. The summed E-state index contributed by atoms with van der Waals surface area (Å²) in [5.74, 6) is 0.237. The van der Waals surface area contributed by atoms with Gasteiger partial charge >= 0.3 is 0 Å². The number of likely N-dealkylation sites (tertiary alicyclic amines) is 1. The zero-order chi connectivity index (χ0) is 17.2. The van der Waals surface area contributed by atoms with Gasteiger partial charge in [-0.1, -0.05) is 42.0 Å². The summed E-state index contributed by atoms with van der Waals surface area (Å²) in [4.78, 5) is 19.3. The first-order valence-electron chi connectivity index (χ1n) is 8.98. The Morgan fingerprint density at radius 2 is 1.96 bits per heavy atom. The number of amides is 1. The van der Waals surface area contributed by atoms with Crippen molar-refractivity contribution in [3.63, 3.8) is 0 Å². The van der Waals surface area contributed by atoms with Gasteiger partial charge < -0.3 is 9.47 Å². The van der Waals surface area contributed by atoms with E-state index in [0.29, 0.717) is 13.0 Å². The van der Waals surface area contributed by atoms with E-state index in [1.54, 1.807) is 0 Å². The average Bonchev–Trinajstić information content (AvgIpc) is 3.28. The van der Waals surface area contributed by atoms with Gasteiger partial charge in [-0.2, -0.15) is 0 Å². The second-order valence-corrected chi connectivity index (χ2v) is 6.83. The molecule has 1 saturated heterocycles. The van der Waals surface area contributed by atoms with Crippen LogP contribution in [0, 0.1) is 6.92 Å². The Morgan fingerprint density at radius 1 is 1.16 bits per heavy atom. The highest BCUT2D eigenvalue weighted by Crippen LogP contribution is 2.32. The topological polar surface area (TPSA) is 38.1 Å². The number of rotatable bonds is 4. The molecule has 1 unspecified atom stereocenters. The first kappa shape index (κ1) is 15.9. The van der Waals surface area contributed by atoms with Crippen LogP contribution in [0.15, 0.2) is 54.9 Å². The molecule has 4 rings (SSSR count). The van der Waals surface area contributed by atoms with E-state index in [4.69, 9.17) is 0 Å². The average molecular weight is 333 g/mol. The van der Waals surface area contributed by atoms with E-state index in [-0.39, 0.29) is 11.9 Å². The van der Waals surface area contributed by atoms with Crippen LogP contribution in [0.4, 0.5) is 0 Å². The minimum Gasteiger partial charge on any atom is -0.336 e. The van der Waals surface area contributed by atoms with Crippen molar-refractivity contribution in [2.45, 2.75) is 38.8 Å². The van der Waals surface area contributed by atoms with Gasteiger partial charge in [0, 0.05) is 19.5 Å². The van der Waals surface area contributed by atoms with Crippen molar-refractivity contribution in [1.82, 2.24) is 14.5 Å². The minimum atomic E-state index is 0.229. The van der Waals surface area contributed by atoms with Crippen molar-refractivity contribution in [1.29, 1.82) is 0 Å². The highest BCUT2D eigenvalue weighted by atomic mass is 16.2. The summed E-state index contributed by atoms with van der Waals surface area (Å²) in [5.41, 5.74) is 4.58. The summed E-state index contributed by atoms with van der Waals surface area (Å²) >= 11 is 0. The second kappa shape index (κ2) is 6.71. The molecule has 0 spiro atoms. The Kier molecular flexibility index (Phi) is 4.26. The van der Waals surface area contributed by atoms with Crippen LogP contribution in [-0.2, 0) is 11.3 Å². The Balaban J connectivity index is 1.46. The molecule has 0 aliphatic carbocycles. The molecular weight excluding hydrogens is 310 g/mol. The number of nitrogens with zero attached hydrogens (tertiary/aromatic N) is 3. The third-order valence-corrected chi connectivity index (χ3v) is 5.13. The standard InChI is InChI=1S/C21H23N3O/c1-16-8-10-17(11-9-16)19-7-4-13-24(19)21(25)12-14-23-15-22-18-5-2-3-6-20(18)23/h2-3,5-6,8-11,15,19H,4,7,12-14H2,1H3. The number of hydrogen-bond acceptors (Lipinski definition) is 2. The number of benzene rings is 2. The fraction of sp³-hybridized carbons (Fsp3) is 0.333. The molecule has 1 aromatic heterocycles. The molecule has 1 aliphatic heterocycles. The van der Waals surface area contributed by atoms with Crippen molar-refractivity contribution in [2.75, 3.05) is 6.54 Å². The molecule has 4 nitrogen and oxygen atoms in total. The number of hydrogen-bond donors (Lipinski definition) is 0. The number of para-hydroxylation sites is 2. The van der Waals surface area contributed by atoms with Crippen LogP contribution in [-0.4, -0.2) is 26.9 Å². The SMILES string of the molecule is Cc1ccc(C2CCCN2C(=O)CCn2cnc3ccccc32)cc1. The van der Waals surface area contributed by atoms with E-state index < -0.39 is 0 Å². The normalized spacial score (nSPS) is 17.3. The fourth-order valence-electron chi connectivity index (χ4n) is 3.75. The van der Waals surface area contributed by atoms with Crippen LogP contribution in [0.5, 0.6) is 0 Å². The molecule has 0 bridgehead atoms. The summed E-state index contributed by atoms with van der Waals surface area (Å²) in [6.45, 7) is 3.63. The zero-order valence-corrected chi connectivity index (χ0v) is 14.6. The molecule has 1 amide bonds. The number of fused-ring (bicyclic) bond motifs is 1. The maximum Gasteiger partial charge on any atom is 0.224 e. The lowest BCUT2D eigenvalue weighted by Gasteiger charge is -2.25. The highest BCUT2D eigenvalue weighted by Gasteiger charge is 2.29. The van der Waals surface area contributed by atoms with Gasteiger partial charge in [-0.3, -0.25) is 4.79 Å². The van der Waals surface area contributed by atoms with Gasteiger partial charge in [0.05, 0.1) is 23.4 Å². The summed E-state index contributed by atoms with van der Waals surface area (Å²) in [5, 5.41) is 0. The van der Waals surface area contributed by atoms with Gasteiger partial charge in [0.25, 0.3) is 0 Å². The zero-order valence-electron chi connectivity index (χ0n) is 14.6. The largest absolute Gasteiger partial charge is 0.336 e. The molecule has 2 heterocycles. The Morgan fingerprint density at radius 3 is 2.80 bits per heavy atom. The fourth-order valence-corrected chi connectivity index (χ4v) is 3.75. The molecule has 3 aromatic rings. The number of carbonyl (C=O) groups excluding carboxylic acids is 1. The summed E-state index contributed by atoms with van der Waals surface area (Å²) in [7, 11) is 0. The third-order valence-electron chi connectivity index (χ3n) is 5.13. The number of aryl methyl sites for hydroxylation is 2. The van der Waals surface area contributed by atoms with Crippen LogP contribution in [0.2, 0.25) is 0 Å². The van der Waals surface area contributed by atoms with Crippen LogP contribution in [0.3, 0.4) is 0 Å².